The van der Waals surface area contributed by atoms with Gasteiger partial charge in [0.2, 0.25) is 0 Å². The van der Waals surface area contributed by atoms with Crippen LogP contribution in [0, 0.1) is 11.8 Å². The number of ether oxygens (including phenoxy) is 1. The van der Waals surface area contributed by atoms with Gasteiger partial charge < -0.3 is 15.4 Å². The van der Waals surface area contributed by atoms with Gasteiger partial charge in [0.15, 0.2) is 0 Å². The predicted octanol–water partition coefficient (Wildman–Crippen LogP) is 1.47. The summed E-state index contributed by atoms with van der Waals surface area (Å²) in [6.45, 7) is 5.09. The van der Waals surface area contributed by atoms with Crippen molar-refractivity contribution in [2.45, 2.75) is 44.7 Å². The lowest BCUT2D eigenvalue weighted by molar-refractivity contribution is 0.133. The molecule has 1 saturated heterocycles. The summed E-state index contributed by atoms with van der Waals surface area (Å²) in [5.74, 6) is 1.48. The van der Waals surface area contributed by atoms with Gasteiger partial charge >= 0.3 is 0 Å². The molecule has 2 atom stereocenters. The average molecular weight is 226 g/mol. The molecule has 2 rings (SSSR count). The van der Waals surface area contributed by atoms with E-state index in [-0.39, 0.29) is 6.04 Å². The minimum absolute atomic E-state index is 0.255. The largest absolute Gasteiger partial charge is 0.379 e. The summed E-state index contributed by atoms with van der Waals surface area (Å²) in [4.78, 5) is 2.52. The van der Waals surface area contributed by atoms with Gasteiger partial charge in [0.05, 0.1) is 13.2 Å². The van der Waals surface area contributed by atoms with Crippen LogP contribution in [0.3, 0.4) is 0 Å². The van der Waals surface area contributed by atoms with E-state index < -0.39 is 0 Å². The van der Waals surface area contributed by atoms with E-state index in [0.717, 1.165) is 31.7 Å². The van der Waals surface area contributed by atoms with E-state index in [2.05, 4.69) is 18.9 Å². The second-order valence-electron chi connectivity index (χ2n) is 5.81. The molecule has 2 unspecified atom stereocenters. The molecule has 3 nitrogen and oxygen atoms in total. The van der Waals surface area contributed by atoms with Crippen molar-refractivity contribution in [3.8, 4) is 0 Å². The Labute approximate surface area is 99.3 Å². The lowest BCUT2D eigenvalue weighted by Crippen LogP contribution is -2.42. The summed E-state index contributed by atoms with van der Waals surface area (Å²) in [6.07, 6.45) is 5.51. The van der Waals surface area contributed by atoms with Crippen molar-refractivity contribution in [2.24, 2.45) is 17.6 Å². The quantitative estimate of drug-likeness (QED) is 0.792. The zero-order valence-corrected chi connectivity index (χ0v) is 10.7. The lowest BCUT2D eigenvalue weighted by atomic mass is 9.86. The van der Waals surface area contributed by atoms with Gasteiger partial charge in [-0.2, -0.15) is 0 Å². The molecular weight excluding hydrogens is 200 g/mol. The first kappa shape index (κ1) is 12.3. The summed E-state index contributed by atoms with van der Waals surface area (Å²) in [6, 6.07) is 1.04. The fraction of sp³-hybridized carbons (Fsp3) is 1.00. The minimum Gasteiger partial charge on any atom is -0.379 e. The van der Waals surface area contributed by atoms with E-state index in [4.69, 9.17) is 10.5 Å². The first-order valence-electron chi connectivity index (χ1n) is 6.70. The van der Waals surface area contributed by atoms with Crippen LogP contribution in [0.5, 0.6) is 0 Å². The second kappa shape index (κ2) is 5.48. The van der Waals surface area contributed by atoms with Gasteiger partial charge in [0.1, 0.15) is 0 Å². The number of hydrogen-bond acceptors (Lipinski definition) is 3. The summed E-state index contributed by atoms with van der Waals surface area (Å²) >= 11 is 0. The number of nitrogens with two attached hydrogens (primary N) is 1. The predicted molar refractivity (Wildman–Crippen MR) is 66.3 cm³/mol. The van der Waals surface area contributed by atoms with Crippen molar-refractivity contribution in [3.63, 3.8) is 0 Å². The first-order chi connectivity index (χ1) is 7.66. The van der Waals surface area contributed by atoms with E-state index in [1.165, 1.54) is 25.7 Å². The maximum Gasteiger partial charge on any atom is 0.0621 e. The zero-order valence-electron chi connectivity index (χ0n) is 10.7. The first-order valence-corrected chi connectivity index (χ1v) is 6.70. The molecule has 2 N–H and O–H groups in total. The third-order valence-electron chi connectivity index (χ3n) is 4.38. The topological polar surface area (TPSA) is 38.5 Å². The maximum absolute atomic E-state index is 6.03. The standard InChI is InChI=1S/C13H26N2O/c1-10-3-5-12(6-4-10)15(2)7-11-8-16-9-13(11)14/h10-13H,3-9,14H2,1-2H3. The molecule has 0 radical (unpaired) electrons. The van der Waals surface area contributed by atoms with Crippen LogP contribution < -0.4 is 5.73 Å². The van der Waals surface area contributed by atoms with Crippen molar-refractivity contribution in [1.29, 1.82) is 0 Å². The van der Waals surface area contributed by atoms with Gasteiger partial charge in [-0.05, 0) is 38.6 Å². The van der Waals surface area contributed by atoms with Gasteiger partial charge in [-0.3, -0.25) is 0 Å². The second-order valence-corrected chi connectivity index (χ2v) is 5.81. The highest BCUT2D eigenvalue weighted by Gasteiger charge is 2.29. The van der Waals surface area contributed by atoms with Crippen molar-refractivity contribution >= 4 is 0 Å². The molecule has 3 heteroatoms. The summed E-state index contributed by atoms with van der Waals surface area (Å²) in [7, 11) is 2.26. The Hall–Kier alpha value is -0.120. The highest BCUT2D eigenvalue weighted by molar-refractivity contribution is 4.83. The fourth-order valence-electron chi connectivity index (χ4n) is 3.01. The van der Waals surface area contributed by atoms with Crippen molar-refractivity contribution in [2.75, 3.05) is 26.8 Å². The van der Waals surface area contributed by atoms with Crippen LogP contribution in [0.4, 0.5) is 0 Å². The fourth-order valence-corrected chi connectivity index (χ4v) is 3.01. The molecule has 94 valence electrons. The van der Waals surface area contributed by atoms with Crippen molar-refractivity contribution in [1.82, 2.24) is 4.90 Å². The smallest absolute Gasteiger partial charge is 0.0621 e. The summed E-state index contributed by atoms with van der Waals surface area (Å²) in [5, 5.41) is 0. The van der Waals surface area contributed by atoms with Gasteiger partial charge in [0, 0.05) is 24.5 Å². The van der Waals surface area contributed by atoms with E-state index in [1.54, 1.807) is 0 Å². The third-order valence-corrected chi connectivity index (χ3v) is 4.38. The Balaban J connectivity index is 1.76. The molecule has 1 heterocycles. The average Bonchev–Trinajstić information content (AvgIpc) is 2.65. The third kappa shape index (κ3) is 2.96. The van der Waals surface area contributed by atoms with Crippen LogP contribution in [0.1, 0.15) is 32.6 Å². The Kier molecular flexibility index (Phi) is 4.22. The number of rotatable bonds is 3. The van der Waals surface area contributed by atoms with Gasteiger partial charge in [-0.25, -0.2) is 0 Å². The Morgan fingerprint density at radius 2 is 1.88 bits per heavy atom. The van der Waals surface area contributed by atoms with Crippen LogP contribution in [-0.4, -0.2) is 43.8 Å². The monoisotopic (exact) mass is 226 g/mol. The molecule has 0 aromatic heterocycles. The lowest BCUT2D eigenvalue weighted by Gasteiger charge is -2.35. The summed E-state index contributed by atoms with van der Waals surface area (Å²) < 4.78 is 5.42. The highest BCUT2D eigenvalue weighted by Crippen LogP contribution is 2.27. The molecule has 0 aromatic carbocycles. The molecule has 0 aromatic rings. The highest BCUT2D eigenvalue weighted by atomic mass is 16.5. The molecule has 1 aliphatic heterocycles. The van der Waals surface area contributed by atoms with Crippen molar-refractivity contribution < 1.29 is 4.74 Å². The van der Waals surface area contributed by atoms with E-state index in [0.29, 0.717) is 5.92 Å². The van der Waals surface area contributed by atoms with Crippen LogP contribution in [-0.2, 0) is 4.74 Å². The normalized spacial score (nSPS) is 40.5. The Morgan fingerprint density at radius 3 is 2.44 bits per heavy atom. The molecule has 2 fully saturated rings. The SMILES string of the molecule is CC1CCC(N(C)CC2COCC2N)CC1. The maximum atomic E-state index is 6.03. The number of hydrogen-bond donors (Lipinski definition) is 1. The molecule has 16 heavy (non-hydrogen) atoms. The summed E-state index contributed by atoms with van der Waals surface area (Å²) in [5.41, 5.74) is 6.03. The molecule has 0 spiro atoms. The van der Waals surface area contributed by atoms with Gasteiger partial charge in [-0.1, -0.05) is 6.92 Å². The number of nitrogens with zero attached hydrogens (tertiary/aromatic N) is 1. The molecule has 1 aliphatic carbocycles. The molecule has 0 amide bonds. The Bertz CT molecular complexity index is 214. The van der Waals surface area contributed by atoms with Gasteiger partial charge in [-0.15, -0.1) is 0 Å². The molecular formula is C13H26N2O. The van der Waals surface area contributed by atoms with E-state index in [1.807, 2.05) is 0 Å². The van der Waals surface area contributed by atoms with Crippen LogP contribution in [0.2, 0.25) is 0 Å². The van der Waals surface area contributed by atoms with E-state index >= 15 is 0 Å². The molecule has 0 bridgehead atoms. The Morgan fingerprint density at radius 1 is 1.19 bits per heavy atom. The molecule has 2 aliphatic rings. The minimum atomic E-state index is 0.255. The van der Waals surface area contributed by atoms with Gasteiger partial charge in [0.25, 0.3) is 0 Å². The van der Waals surface area contributed by atoms with E-state index in [9.17, 15) is 0 Å². The van der Waals surface area contributed by atoms with Crippen LogP contribution in [0.15, 0.2) is 0 Å². The van der Waals surface area contributed by atoms with Crippen LogP contribution >= 0.6 is 0 Å². The zero-order chi connectivity index (χ0) is 11.5. The van der Waals surface area contributed by atoms with Crippen LogP contribution in [0.25, 0.3) is 0 Å². The van der Waals surface area contributed by atoms with Crippen molar-refractivity contribution in [3.05, 3.63) is 0 Å². The molecule has 1 saturated carbocycles.